The molecule has 5 heteroatoms. The summed E-state index contributed by atoms with van der Waals surface area (Å²) in [6, 6.07) is 4.50. The molecule has 108 valence electrons. The van der Waals surface area contributed by atoms with Crippen LogP contribution in [0.3, 0.4) is 0 Å². The van der Waals surface area contributed by atoms with Crippen molar-refractivity contribution >= 4 is 11.6 Å². The van der Waals surface area contributed by atoms with Gasteiger partial charge in [0.05, 0.1) is 18.1 Å². The molecule has 0 fully saturated rings. The average molecular weight is 296 g/mol. The molecule has 1 aromatic heterocycles. The fourth-order valence-corrected chi connectivity index (χ4v) is 2.33. The van der Waals surface area contributed by atoms with Crippen molar-refractivity contribution in [3.8, 4) is 0 Å². The van der Waals surface area contributed by atoms with Gasteiger partial charge in [-0.15, -0.1) is 0 Å². The van der Waals surface area contributed by atoms with Crippen molar-refractivity contribution in [1.82, 2.24) is 14.9 Å². The van der Waals surface area contributed by atoms with Crippen molar-refractivity contribution in [3.63, 3.8) is 0 Å². The molecular formula is C15H19ClFN3. The topological polar surface area (TPSA) is 29.9 Å². The predicted molar refractivity (Wildman–Crippen MR) is 79.4 cm³/mol. The zero-order valence-electron chi connectivity index (χ0n) is 11.7. The number of aromatic nitrogens is 2. The normalized spacial score (nSPS) is 12.6. The molecule has 1 heterocycles. The largest absolute Gasteiger partial charge is 0.340 e. The quantitative estimate of drug-likeness (QED) is 0.884. The number of halogens is 2. The molecule has 1 atom stereocenters. The smallest absolute Gasteiger partial charge is 0.123 e. The van der Waals surface area contributed by atoms with Crippen molar-refractivity contribution in [2.75, 3.05) is 6.54 Å². The maximum atomic E-state index is 13.4. The summed E-state index contributed by atoms with van der Waals surface area (Å²) in [5, 5.41) is 4.03. The van der Waals surface area contributed by atoms with Gasteiger partial charge in [-0.25, -0.2) is 9.37 Å². The summed E-state index contributed by atoms with van der Waals surface area (Å²) in [5.41, 5.74) is 1.74. The maximum Gasteiger partial charge on any atom is 0.123 e. The highest BCUT2D eigenvalue weighted by molar-refractivity contribution is 6.31. The number of nitrogens with one attached hydrogen (secondary N) is 1. The van der Waals surface area contributed by atoms with E-state index in [1.807, 2.05) is 17.8 Å². The first-order chi connectivity index (χ1) is 9.60. The first-order valence-electron chi connectivity index (χ1n) is 6.75. The highest BCUT2D eigenvalue weighted by Gasteiger charge is 2.16. The zero-order chi connectivity index (χ0) is 14.5. The summed E-state index contributed by atoms with van der Waals surface area (Å²) < 4.78 is 15.3. The molecule has 0 radical (unpaired) electrons. The fraction of sp³-hybridized carbons (Fsp3) is 0.400. The molecule has 1 N–H and O–H groups in total. The number of benzene rings is 1. The monoisotopic (exact) mass is 295 g/mol. The molecule has 0 aliphatic rings. The number of hydrogen-bond donors (Lipinski definition) is 1. The second-order valence-electron chi connectivity index (χ2n) is 4.91. The summed E-state index contributed by atoms with van der Waals surface area (Å²) in [6.45, 7) is 2.99. The lowest BCUT2D eigenvalue weighted by Crippen LogP contribution is -2.24. The van der Waals surface area contributed by atoms with Crippen LogP contribution in [0.5, 0.6) is 0 Å². The van der Waals surface area contributed by atoms with Gasteiger partial charge in [-0.2, -0.15) is 0 Å². The number of nitrogens with zero attached hydrogens (tertiary/aromatic N) is 2. The summed E-state index contributed by atoms with van der Waals surface area (Å²) in [7, 11) is 1.93. The van der Waals surface area contributed by atoms with Crippen molar-refractivity contribution in [2.45, 2.75) is 25.8 Å². The Kier molecular flexibility index (Phi) is 5.15. The van der Waals surface area contributed by atoms with Gasteiger partial charge >= 0.3 is 0 Å². The van der Waals surface area contributed by atoms with Crippen LogP contribution in [0.4, 0.5) is 4.39 Å². The second-order valence-corrected chi connectivity index (χ2v) is 5.32. The molecule has 0 saturated heterocycles. The molecule has 0 bridgehead atoms. The SMILES string of the molecule is CCCNC(Cc1cc(F)ccc1Cl)c1cn(C)cn1. The lowest BCUT2D eigenvalue weighted by Gasteiger charge is -2.17. The van der Waals surface area contributed by atoms with Crippen LogP contribution in [-0.2, 0) is 13.5 Å². The van der Waals surface area contributed by atoms with Crippen LogP contribution in [0.25, 0.3) is 0 Å². The molecular weight excluding hydrogens is 277 g/mol. The standard InChI is InChI=1S/C15H19ClFN3/c1-3-6-18-14(15-9-20(2)10-19-15)8-11-7-12(17)4-5-13(11)16/h4-5,7,9-10,14,18H,3,6,8H2,1-2H3. The van der Waals surface area contributed by atoms with Gasteiger partial charge in [-0.05, 0) is 43.1 Å². The molecule has 0 spiro atoms. The van der Waals surface area contributed by atoms with Crippen LogP contribution in [0, 0.1) is 5.82 Å². The van der Waals surface area contributed by atoms with Crippen LogP contribution < -0.4 is 5.32 Å². The third-order valence-electron chi connectivity index (χ3n) is 3.15. The van der Waals surface area contributed by atoms with E-state index in [-0.39, 0.29) is 11.9 Å². The van der Waals surface area contributed by atoms with Gasteiger partial charge in [0.2, 0.25) is 0 Å². The second kappa shape index (κ2) is 6.86. The molecule has 2 rings (SSSR count). The molecule has 20 heavy (non-hydrogen) atoms. The van der Waals surface area contributed by atoms with Gasteiger partial charge in [0, 0.05) is 18.3 Å². The third-order valence-corrected chi connectivity index (χ3v) is 3.52. The predicted octanol–water partition coefficient (Wildman–Crippen LogP) is 3.50. The minimum Gasteiger partial charge on any atom is -0.340 e. The van der Waals surface area contributed by atoms with Crippen LogP contribution >= 0.6 is 11.6 Å². The van der Waals surface area contributed by atoms with Crippen molar-refractivity contribution in [1.29, 1.82) is 0 Å². The average Bonchev–Trinajstić information content (AvgIpc) is 2.85. The van der Waals surface area contributed by atoms with Gasteiger partial charge in [-0.3, -0.25) is 0 Å². The summed E-state index contributed by atoms with van der Waals surface area (Å²) in [6.07, 6.45) is 5.39. The first kappa shape index (κ1) is 15.0. The minimum absolute atomic E-state index is 0.0375. The Hall–Kier alpha value is -1.39. The van der Waals surface area contributed by atoms with Gasteiger partial charge in [0.15, 0.2) is 0 Å². The van der Waals surface area contributed by atoms with Gasteiger partial charge < -0.3 is 9.88 Å². The number of aryl methyl sites for hydroxylation is 1. The van der Waals surface area contributed by atoms with E-state index in [2.05, 4.69) is 17.2 Å². The van der Waals surface area contributed by atoms with E-state index >= 15 is 0 Å². The number of rotatable bonds is 6. The number of hydrogen-bond acceptors (Lipinski definition) is 2. The van der Waals surface area contributed by atoms with Crippen LogP contribution in [0.2, 0.25) is 5.02 Å². The molecule has 1 unspecified atom stereocenters. The van der Waals surface area contributed by atoms with Crippen LogP contribution in [0.15, 0.2) is 30.7 Å². The highest BCUT2D eigenvalue weighted by Crippen LogP contribution is 2.23. The van der Waals surface area contributed by atoms with Gasteiger partial charge in [0.25, 0.3) is 0 Å². The lowest BCUT2D eigenvalue weighted by molar-refractivity contribution is 0.517. The molecule has 2 aromatic rings. The third kappa shape index (κ3) is 3.81. The van der Waals surface area contributed by atoms with Gasteiger partial charge in [0.1, 0.15) is 5.82 Å². The summed E-state index contributed by atoms with van der Waals surface area (Å²) in [5.74, 6) is -0.264. The Morgan fingerprint density at radius 1 is 1.45 bits per heavy atom. The summed E-state index contributed by atoms with van der Waals surface area (Å²) in [4.78, 5) is 4.38. The van der Waals surface area contributed by atoms with E-state index in [0.717, 1.165) is 24.2 Å². The Morgan fingerprint density at radius 2 is 2.25 bits per heavy atom. The van der Waals surface area contributed by atoms with Crippen LogP contribution in [-0.4, -0.2) is 16.1 Å². The van der Waals surface area contributed by atoms with E-state index in [4.69, 9.17) is 11.6 Å². The Morgan fingerprint density at radius 3 is 2.90 bits per heavy atom. The Bertz CT molecular complexity index is 568. The molecule has 0 aliphatic heterocycles. The maximum absolute atomic E-state index is 13.4. The van der Waals surface area contributed by atoms with Gasteiger partial charge in [-0.1, -0.05) is 18.5 Å². The number of imidazole rings is 1. The minimum atomic E-state index is -0.264. The lowest BCUT2D eigenvalue weighted by atomic mass is 10.0. The Balaban J connectivity index is 2.21. The molecule has 0 aliphatic carbocycles. The van der Waals surface area contributed by atoms with Crippen molar-refractivity contribution < 1.29 is 4.39 Å². The first-order valence-corrected chi connectivity index (χ1v) is 7.13. The summed E-state index contributed by atoms with van der Waals surface area (Å²) >= 11 is 6.15. The van der Waals surface area contributed by atoms with Crippen molar-refractivity contribution in [3.05, 3.63) is 52.8 Å². The molecule has 0 saturated carbocycles. The molecule has 1 aromatic carbocycles. The van der Waals surface area contributed by atoms with E-state index in [0.29, 0.717) is 11.4 Å². The highest BCUT2D eigenvalue weighted by atomic mass is 35.5. The zero-order valence-corrected chi connectivity index (χ0v) is 12.5. The van der Waals surface area contributed by atoms with E-state index < -0.39 is 0 Å². The van der Waals surface area contributed by atoms with E-state index in [1.165, 1.54) is 12.1 Å². The fourth-order valence-electron chi connectivity index (χ4n) is 2.13. The molecule has 0 amide bonds. The van der Waals surface area contributed by atoms with E-state index in [1.54, 1.807) is 12.4 Å². The van der Waals surface area contributed by atoms with E-state index in [9.17, 15) is 4.39 Å². The van der Waals surface area contributed by atoms with Crippen molar-refractivity contribution in [2.24, 2.45) is 7.05 Å². The molecule has 3 nitrogen and oxygen atoms in total. The van der Waals surface area contributed by atoms with Crippen LogP contribution in [0.1, 0.15) is 30.6 Å². The Labute approximate surface area is 123 Å².